The Labute approximate surface area is 136 Å². The standard InChI is InChI=1S/C18H21N3O2/c1-13-12-19-9-5-15(13)17(16-4-2-3-8-20-16)21-10-6-14(7-11-21)18(22)23/h2-5,8-9,12,14,17H,6-7,10-11H2,1H3,(H,22,23). The summed E-state index contributed by atoms with van der Waals surface area (Å²) in [6.07, 6.45) is 6.85. The van der Waals surface area contributed by atoms with Gasteiger partial charge in [0, 0.05) is 18.6 Å². The van der Waals surface area contributed by atoms with Gasteiger partial charge in [0.25, 0.3) is 0 Å². The molecule has 0 radical (unpaired) electrons. The number of carboxylic acid groups (broad SMARTS) is 1. The molecule has 0 aromatic carbocycles. The van der Waals surface area contributed by atoms with Crippen LogP contribution >= 0.6 is 0 Å². The van der Waals surface area contributed by atoms with E-state index < -0.39 is 5.97 Å². The van der Waals surface area contributed by atoms with Crippen LogP contribution in [0.15, 0.2) is 42.9 Å². The molecule has 1 atom stereocenters. The van der Waals surface area contributed by atoms with Gasteiger partial charge in [-0.25, -0.2) is 0 Å². The second kappa shape index (κ2) is 6.87. The number of rotatable bonds is 4. The molecule has 0 spiro atoms. The van der Waals surface area contributed by atoms with Crippen LogP contribution < -0.4 is 0 Å². The minimum atomic E-state index is -0.681. The molecule has 5 nitrogen and oxygen atoms in total. The third-order valence-corrected chi connectivity index (χ3v) is 4.57. The topological polar surface area (TPSA) is 66.3 Å². The highest BCUT2D eigenvalue weighted by Gasteiger charge is 2.31. The van der Waals surface area contributed by atoms with Gasteiger partial charge >= 0.3 is 5.97 Å². The summed E-state index contributed by atoms with van der Waals surface area (Å²) >= 11 is 0. The van der Waals surface area contributed by atoms with E-state index in [4.69, 9.17) is 0 Å². The SMILES string of the molecule is Cc1cnccc1C(c1ccccn1)N1CCC(C(=O)O)CC1. The van der Waals surface area contributed by atoms with Crippen LogP contribution in [-0.4, -0.2) is 39.0 Å². The predicted octanol–water partition coefficient (Wildman–Crippen LogP) is 2.67. The maximum absolute atomic E-state index is 11.2. The van der Waals surface area contributed by atoms with Crippen molar-refractivity contribution in [2.45, 2.75) is 25.8 Å². The average molecular weight is 311 g/mol. The first-order chi connectivity index (χ1) is 11.2. The minimum Gasteiger partial charge on any atom is -0.481 e. The first-order valence-corrected chi connectivity index (χ1v) is 7.95. The summed E-state index contributed by atoms with van der Waals surface area (Å²) in [5.41, 5.74) is 3.31. The molecule has 120 valence electrons. The molecule has 1 saturated heterocycles. The number of aliphatic carboxylic acids is 1. The van der Waals surface area contributed by atoms with Crippen molar-refractivity contribution in [3.8, 4) is 0 Å². The molecule has 5 heteroatoms. The second-order valence-corrected chi connectivity index (χ2v) is 6.04. The smallest absolute Gasteiger partial charge is 0.306 e. The normalized spacial score (nSPS) is 17.8. The Morgan fingerprint density at radius 2 is 2.04 bits per heavy atom. The summed E-state index contributed by atoms with van der Waals surface area (Å²) in [5, 5.41) is 9.20. The zero-order chi connectivity index (χ0) is 16.2. The maximum Gasteiger partial charge on any atom is 0.306 e. The Kier molecular flexibility index (Phi) is 4.67. The van der Waals surface area contributed by atoms with Crippen molar-refractivity contribution < 1.29 is 9.90 Å². The largest absolute Gasteiger partial charge is 0.481 e. The molecule has 0 amide bonds. The van der Waals surface area contributed by atoms with Gasteiger partial charge in [0.2, 0.25) is 0 Å². The summed E-state index contributed by atoms with van der Waals surface area (Å²) in [6, 6.07) is 8.03. The van der Waals surface area contributed by atoms with Crippen LogP contribution in [0.4, 0.5) is 0 Å². The molecule has 1 aliphatic heterocycles. The van der Waals surface area contributed by atoms with E-state index in [1.54, 1.807) is 0 Å². The Morgan fingerprint density at radius 3 is 2.65 bits per heavy atom. The van der Waals surface area contributed by atoms with E-state index in [9.17, 15) is 9.90 Å². The second-order valence-electron chi connectivity index (χ2n) is 6.04. The molecular weight excluding hydrogens is 290 g/mol. The fourth-order valence-corrected chi connectivity index (χ4v) is 3.28. The summed E-state index contributed by atoms with van der Waals surface area (Å²) in [7, 11) is 0. The van der Waals surface area contributed by atoms with Crippen LogP contribution in [-0.2, 0) is 4.79 Å². The minimum absolute atomic E-state index is 0.0499. The van der Waals surface area contributed by atoms with Crippen LogP contribution in [0, 0.1) is 12.8 Å². The number of carbonyl (C=O) groups is 1. The van der Waals surface area contributed by atoms with E-state index in [2.05, 4.69) is 21.8 Å². The number of pyridine rings is 2. The van der Waals surface area contributed by atoms with Gasteiger partial charge in [-0.3, -0.25) is 19.7 Å². The molecule has 0 bridgehead atoms. The third kappa shape index (κ3) is 3.40. The van der Waals surface area contributed by atoms with E-state index in [0.717, 1.165) is 24.3 Å². The van der Waals surface area contributed by atoms with Gasteiger partial charge in [-0.05, 0) is 62.2 Å². The average Bonchev–Trinajstić information content (AvgIpc) is 2.58. The number of hydrogen-bond acceptors (Lipinski definition) is 4. The van der Waals surface area contributed by atoms with Gasteiger partial charge in [0.05, 0.1) is 17.7 Å². The van der Waals surface area contributed by atoms with Gasteiger partial charge in [0.1, 0.15) is 0 Å². The quantitative estimate of drug-likeness (QED) is 0.940. The highest BCUT2D eigenvalue weighted by molar-refractivity contribution is 5.70. The molecule has 1 unspecified atom stereocenters. The first-order valence-electron chi connectivity index (χ1n) is 7.95. The zero-order valence-electron chi connectivity index (χ0n) is 13.2. The summed E-state index contributed by atoms with van der Waals surface area (Å²) < 4.78 is 0. The Hall–Kier alpha value is -2.27. The molecule has 3 rings (SSSR count). The van der Waals surface area contributed by atoms with Crippen LogP contribution in [0.3, 0.4) is 0 Å². The zero-order valence-corrected chi connectivity index (χ0v) is 13.2. The molecule has 0 saturated carbocycles. The summed E-state index contributed by atoms with van der Waals surface area (Å²) in [6.45, 7) is 3.59. The van der Waals surface area contributed by atoms with Crippen molar-refractivity contribution in [3.63, 3.8) is 0 Å². The van der Waals surface area contributed by atoms with Gasteiger partial charge in [-0.2, -0.15) is 0 Å². The van der Waals surface area contributed by atoms with Gasteiger partial charge in [0.15, 0.2) is 0 Å². The van der Waals surface area contributed by atoms with Gasteiger partial charge in [-0.15, -0.1) is 0 Å². The van der Waals surface area contributed by atoms with Crippen LogP contribution in [0.1, 0.15) is 35.7 Å². The van der Waals surface area contributed by atoms with E-state index in [-0.39, 0.29) is 12.0 Å². The predicted molar refractivity (Wildman–Crippen MR) is 87.0 cm³/mol. The number of aromatic nitrogens is 2. The Balaban J connectivity index is 1.91. The summed E-state index contributed by atoms with van der Waals surface area (Å²) in [5.74, 6) is -0.909. The molecule has 3 heterocycles. The highest BCUT2D eigenvalue weighted by Crippen LogP contribution is 2.32. The van der Waals surface area contributed by atoms with Crippen molar-refractivity contribution in [2.24, 2.45) is 5.92 Å². The fourth-order valence-electron chi connectivity index (χ4n) is 3.28. The lowest BCUT2D eigenvalue weighted by Gasteiger charge is -2.37. The van der Waals surface area contributed by atoms with E-state index in [1.165, 1.54) is 5.56 Å². The molecule has 23 heavy (non-hydrogen) atoms. The molecule has 2 aromatic rings. The monoisotopic (exact) mass is 311 g/mol. The van der Waals surface area contributed by atoms with Gasteiger partial charge < -0.3 is 5.11 Å². The number of carboxylic acids is 1. The lowest BCUT2D eigenvalue weighted by Crippen LogP contribution is -2.39. The Morgan fingerprint density at radius 1 is 1.26 bits per heavy atom. The van der Waals surface area contributed by atoms with E-state index in [1.807, 2.05) is 42.9 Å². The summed E-state index contributed by atoms with van der Waals surface area (Å²) in [4.78, 5) is 22.3. The molecule has 0 aliphatic carbocycles. The first kappa shape index (κ1) is 15.6. The number of aryl methyl sites for hydroxylation is 1. The number of hydrogen-bond donors (Lipinski definition) is 1. The van der Waals surface area contributed by atoms with Crippen molar-refractivity contribution >= 4 is 5.97 Å². The number of nitrogens with zero attached hydrogens (tertiary/aromatic N) is 3. The van der Waals surface area contributed by atoms with Crippen molar-refractivity contribution in [1.82, 2.24) is 14.9 Å². The maximum atomic E-state index is 11.2. The molecular formula is C18H21N3O2. The van der Waals surface area contributed by atoms with Crippen molar-refractivity contribution in [3.05, 3.63) is 59.7 Å². The molecule has 1 fully saturated rings. The van der Waals surface area contributed by atoms with Crippen molar-refractivity contribution in [1.29, 1.82) is 0 Å². The third-order valence-electron chi connectivity index (χ3n) is 4.57. The fraction of sp³-hybridized carbons (Fsp3) is 0.389. The molecule has 1 aliphatic rings. The molecule has 1 N–H and O–H groups in total. The van der Waals surface area contributed by atoms with E-state index >= 15 is 0 Å². The molecule has 2 aromatic heterocycles. The lowest BCUT2D eigenvalue weighted by atomic mass is 9.92. The van der Waals surface area contributed by atoms with Crippen LogP contribution in [0.5, 0.6) is 0 Å². The highest BCUT2D eigenvalue weighted by atomic mass is 16.4. The van der Waals surface area contributed by atoms with E-state index in [0.29, 0.717) is 12.8 Å². The lowest BCUT2D eigenvalue weighted by molar-refractivity contribution is -0.143. The number of likely N-dealkylation sites (tertiary alicyclic amines) is 1. The van der Waals surface area contributed by atoms with Crippen LogP contribution in [0.25, 0.3) is 0 Å². The van der Waals surface area contributed by atoms with Gasteiger partial charge in [-0.1, -0.05) is 6.07 Å². The van der Waals surface area contributed by atoms with Crippen molar-refractivity contribution in [2.75, 3.05) is 13.1 Å². The van der Waals surface area contributed by atoms with Crippen LogP contribution in [0.2, 0.25) is 0 Å². The Bertz CT molecular complexity index is 667. The number of piperidine rings is 1.